The summed E-state index contributed by atoms with van der Waals surface area (Å²) < 4.78 is 19.6. The van der Waals surface area contributed by atoms with Crippen LogP contribution in [0.5, 0.6) is 0 Å². The van der Waals surface area contributed by atoms with Crippen molar-refractivity contribution < 1.29 is 13.9 Å². The monoisotopic (exact) mass is 306 g/mol. The maximum absolute atomic E-state index is 13.9. The van der Waals surface area contributed by atoms with Gasteiger partial charge in [0.2, 0.25) is 5.91 Å². The summed E-state index contributed by atoms with van der Waals surface area (Å²) in [5, 5.41) is 0. The molecule has 120 valence electrons. The minimum atomic E-state index is -0.378. The van der Waals surface area contributed by atoms with Crippen LogP contribution in [0.15, 0.2) is 24.3 Å². The van der Waals surface area contributed by atoms with E-state index in [4.69, 9.17) is 10.5 Å². The molecule has 5 heteroatoms. The second kappa shape index (κ2) is 6.75. The summed E-state index contributed by atoms with van der Waals surface area (Å²) in [6, 6.07) is 6.62. The molecule has 22 heavy (non-hydrogen) atoms. The van der Waals surface area contributed by atoms with Gasteiger partial charge in [0, 0.05) is 18.0 Å². The zero-order valence-corrected chi connectivity index (χ0v) is 12.7. The predicted molar refractivity (Wildman–Crippen MR) is 81.6 cm³/mol. The van der Waals surface area contributed by atoms with Gasteiger partial charge in [0.1, 0.15) is 11.9 Å². The van der Waals surface area contributed by atoms with Crippen LogP contribution in [0.1, 0.15) is 30.9 Å². The summed E-state index contributed by atoms with van der Waals surface area (Å²) >= 11 is 0. The van der Waals surface area contributed by atoms with Crippen molar-refractivity contribution in [2.75, 3.05) is 26.2 Å². The molecule has 1 aliphatic carbocycles. The van der Waals surface area contributed by atoms with Crippen LogP contribution in [0.25, 0.3) is 0 Å². The van der Waals surface area contributed by atoms with Crippen LogP contribution >= 0.6 is 0 Å². The molecule has 1 saturated carbocycles. The number of carbonyl (C=O) groups is 1. The Hall–Kier alpha value is -1.46. The quantitative estimate of drug-likeness (QED) is 0.930. The lowest BCUT2D eigenvalue weighted by molar-refractivity contribution is -0.144. The first-order valence-electron chi connectivity index (χ1n) is 8.05. The van der Waals surface area contributed by atoms with Gasteiger partial charge >= 0.3 is 0 Å². The summed E-state index contributed by atoms with van der Waals surface area (Å²) in [6.45, 7) is 2.02. The molecule has 0 spiro atoms. The van der Waals surface area contributed by atoms with Crippen LogP contribution in [-0.2, 0) is 9.53 Å². The molecule has 1 heterocycles. The van der Waals surface area contributed by atoms with Gasteiger partial charge in [0.25, 0.3) is 0 Å². The Balaban J connectivity index is 1.70. The largest absolute Gasteiger partial charge is 0.370 e. The van der Waals surface area contributed by atoms with E-state index in [-0.39, 0.29) is 23.7 Å². The molecule has 4 nitrogen and oxygen atoms in total. The average Bonchev–Trinajstić information content (AvgIpc) is 3.03. The highest BCUT2D eigenvalue weighted by Crippen LogP contribution is 2.34. The van der Waals surface area contributed by atoms with Gasteiger partial charge in [-0.05, 0) is 31.4 Å². The fourth-order valence-corrected chi connectivity index (χ4v) is 3.65. The molecule has 2 fully saturated rings. The number of morpholine rings is 1. The molecule has 0 bridgehead atoms. The van der Waals surface area contributed by atoms with Crippen LogP contribution in [0.3, 0.4) is 0 Å². The predicted octanol–water partition coefficient (Wildman–Crippen LogP) is 2.10. The molecular weight excluding hydrogens is 283 g/mol. The number of amides is 1. The number of carbonyl (C=O) groups excluding carboxylic acids is 1. The van der Waals surface area contributed by atoms with Gasteiger partial charge in [0.15, 0.2) is 0 Å². The lowest BCUT2D eigenvalue weighted by Crippen LogP contribution is -2.46. The van der Waals surface area contributed by atoms with Crippen LogP contribution < -0.4 is 5.73 Å². The van der Waals surface area contributed by atoms with Gasteiger partial charge in [-0.25, -0.2) is 4.39 Å². The summed E-state index contributed by atoms with van der Waals surface area (Å²) in [5.41, 5.74) is 6.31. The number of hydrogen-bond acceptors (Lipinski definition) is 3. The Morgan fingerprint density at radius 1 is 1.36 bits per heavy atom. The Bertz CT molecular complexity index is 537. The summed E-state index contributed by atoms with van der Waals surface area (Å²) in [7, 11) is 0. The first-order chi connectivity index (χ1) is 10.7. The fraction of sp³-hybridized carbons (Fsp3) is 0.588. The van der Waals surface area contributed by atoms with Crippen molar-refractivity contribution in [2.24, 2.45) is 17.6 Å². The van der Waals surface area contributed by atoms with Gasteiger partial charge in [-0.1, -0.05) is 24.6 Å². The Kier molecular flexibility index (Phi) is 4.74. The molecular formula is C17H23FN2O2. The first-order valence-corrected chi connectivity index (χ1v) is 8.05. The van der Waals surface area contributed by atoms with E-state index in [0.29, 0.717) is 37.7 Å². The minimum absolute atomic E-state index is 0.0318. The number of ether oxygens (including phenoxy) is 1. The molecule has 3 rings (SSSR count). The zero-order valence-electron chi connectivity index (χ0n) is 12.7. The van der Waals surface area contributed by atoms with Gasteiger partial charge < -0.3 is 15.4 Å². The van der Waals surface area contributed by atoms with Crippen molar-refractivity contribution in [2.45, 2.75) is 25.4 Å². The third-order valence-electron chi connectivity index (χ3n) is 4.91. The number of nitrogens with two attached hydrogens (primary N) is 1. The fourth-order valence-electron chi connectivity index (χ4n) is 3.65. The van der Waals surface area contributed by atoms with E-state index in [1.165, 1.54) is 6.07 Å². The Labute approximate surface area is 130 Å². The van der Waals surface area contributed by atoms with Gasteiger partial charge in [0.05, 0.1) is 13.2 Å². The molecule has 1 amide bonds. The van der Waals surface area contributed by atoms with Crippen molar-refractivity contribution in [3.05, 3.63) is 35.6 Å². The molecule has 1 aromatic rings. The molecule has 1 saturated heterocycles. The second-order valence-corrected chi connectivity index (χ2v) is 6.20. The normalized spacial score (nSPS) is 28.8. The van der Waals surface area contributed by atoms with Crippen LogP contribution in [0.2, 0.25) is 0 Å². The molecule has 1 aliphatic heterocycles. The number of benzene rings is 1. The zero-order chi connectivity index (χ0) is 15.5. The maximum atomic E-state index is 13.9. The van der Waals surface area contributed by atoms with E-state index in [2.05, 4.69) is 0 Å². The third kappa shape index (κ3) is 3.01. The van der Waals surface area contributed by atoms with Gasteiger partial charge in [-0.15, -0.1) is 0 Å². The number of nitrogens with zero attached hydrogens (tertiary/aromatic N) is 1. The lowest BCUT2D eigenvalue weighted by atomic mass is 9.94. The van der Waals surface area contributed by atoms with E-state index >= 15 is 0 Å². The number of halogens is 1. The highest BCUT2D eigenvalue weighted by atomic mass is 19.1. The second-order valence-electron chi connectivity index (χ2n) is 6.20. The molecule has 0 aromatic heterocycles. The lowest BCUT2D eigenvalue weighted by Gasteiger charge is -2.35. The SMILES string of the molecule is NC[C@H]1CCC[C@H]1C(=O)N1CCOC(c2ccccc2F)C1. The average molecular weight is 306 g/mol. The van der Waals surface area contributed by atoms with E-state index in [9.17, 15) is 9.18 Å². The van der Waals surface area contributed by atoms with Gasteiger partial charge in [-0.2, -0.15) is 0 Å². The van der Waals surface area contributed by atoms with E-state index < -0.39 is 0 Å². The summed E-state index contributed by atoms with van der Waals surface area (Å²) in [4.78, 5) is 14.6. The standard InChI is InChI=1S/C17H23FN2O2/c18-15-7-2-1-5-14(15)16-11-20(8-9-22-16)17(21)13-6-3-4-12(13)10-19/h1-2,5,7,12-13,16H,3-4,6,8-11,19H2/t12-,13-,16?/m1/s1. The van der Waals surface area contributed by atoms with Crippen molar-refractivity contribution in [1.82, 2.24) is 4.90 Å². The number of rotatable bonds is 3. The Morgan fingerprint density at radius 2 is 2.18 bits per heavy atom. The molecule has 3 atom stereocenters. The Morgan fingerprint density at radius 3 is 2.95 bits per heavy atom. The summed E-state index contributed by atoms with van der Waals surface area (Å²) in [5.74, 6) is 0.215. The smallest absolute Gasteiger partial charge is 0.226 e. The van der Waals surface area contributed by atoms with Crippen molar-refractivity contribution >= 4 is 5.91 Å². The third-order valence-corrected chi connectivity index (χ3v) is 4.91. The van der Waals surface area contributed by atoms with Crippen LogP contribution in [0.4, 0.5) is 4.39 Å². The molecule has 2 aliphatic rings. The molecule has 0 radical (unpaired) electrons. The van der Waals surface area contributed by atoms with E-state index in [0.717, 1.165) is 19.3 Å². The number of hydrogen-bond donors (Lipinski definition) is 1. The highest BCUT2D eigenvalue weighted by molar-refractivity contribution is 5.79. The molecule has 1 aromatic carbocycles. The highest BCUT2D eigenvalue weighted by Gasteiger charge is 2.37. The van der Waals surface area contributed by atoms with Crippen LogP contribution in [0, 0.1) is 17.7 Å². The van der Waals surface area contributed by atoms with Crippen LogP contribution in [-0.4, -0.2) is 37.0 Å². The van der Waals surface area contributed by atoms with E-state index in [1.54, 1.807) is 18.2 Å². The van der Waals surface area contributed by atoms with Crippen molar-refractivity contribution in [3.8, 4) is 0 Å². The van der Waals surface area contributed by atoms with Crippen molar-refractivity contribution in [3.63, 3.8) is 0 Å². The molecule has 2 N–H and O–H groups in total. The van der Waals surface area contributed by atoms with Crippen molar-refractivity contribution in [1.29, 1.82) is 0 Å². The maximum Gasteiger partial charge on any atom is 0.226 e. The first kappa shape index (κ1) is 15.4. The minimum Gasteiger partial charge on any atom is -0.370 e. The van der Waals surface area contributed by atoms with E-state index in [1.807, 2.05) is 4.90 Å². The topological polar surface area (TPSA) is 55.6 Å². The summed E-state index contributed by atoms with van der Waals surface area (Å²) in [6.07, 6.45) is 2.65. The molecule has 1 unspecified atom stereocenters. The van der Waals surface area contributed by atoms with Gasteiger partial charge in [-0.3, -0.25) is 4.79 Å².